The summed E-state index contributed by atoms with van der Waals surface area (Å²) < 4.78 is 5.30. The van der Waals surface area contributed by atoms with Crippen LogP contribution >= 0.6 is 11.8 Å². The van der Waals surface area contributed by atoms with Crippen molar-refractivity contribution in [3.05, 3.63) is 47.6 Å². The molecule has 0 radical (unpaired) electrons. The third-order valence-corrected chi connectivity index (χ3v) is 4.65. The van der Waals surface area contributed by atoms with Gasteiger partial charge in [0.25, 0.3) is 0 Å². The highest BCUT2D eigenvalue weighted by atomic mass is 32.2. The zero-order valence-corrected chi connectivity index (χ0v) is 12.2. The van der Waals surface area contributed by atoms with Gasteiger partial charge in [0.1, 0.15) is 0 Å². The van der Waals surface area contributed by atoms with E-state index in [1.54, 1.807) is 11.8 Å². The molecule has 1 aliphatic rings. The molecule has 106 valence electrons. The molecule has 1 heterocycles. The van der Waals surface area contributed by atoms with E-state index >= 15 is 0 Å². The maximum absolute atomic E-state index is 10.1. The van der Waals surface area contributed by atoms with Crippen LogP contribution in [0, 0.1) is 0 Å². The first-order valence-electron chi connectivity index (χ1n) is 6.92. The Morgan fingerprint density at radius 2 is 2.10 bits per heavy atom. The molecule has 1 saturated carbocycles. The van der Waals surface area contributed by atoms with Gasteiger partial charge in [0.15, 0.2) is 5.82 Å². The van der Waals surface area contributed by atoms with Crippen molar-refractivity contribution >= 4 is 11.8 Å². The summed E-state index contributed by atoms with van der Waals surface area (Å²) in [7, 11) is 0. The first kappa shape index (κ1) is 13.6. The number of benzene rings is 1. The molecule has 0 amide bonds. The van der Waals surface area contributed by atoms with Gasteiger partial charge in [0.05, 0.1) is 11.4 Å². The minimum Gasteiger partial charge on any atom is -0.388 e. The zero-order valence-electron chi connectivity index (χ0n) is 11.4. The third-order valence-electron chi connectivity index (χ3n) is 3.44. The largest absolute Gasteiger partial charge is 0.388 e. The Kier molecular flexibility index (Phi) is 4.08. The highest BCUT2D eigenvalue weighted by Crippen LogP contribution is 2.39. The molecule has 0 unspecified atom stereocenters. The van der Waals surface area contributed by atoms with Crippen molar-refractivity contribution < 1.29 is 9.63 Å². The minimum atomic E-state index is -0.463. The molecule has 0 spiro atoms. The van der Waals surface area contributed by atoms with Gasteiger partial charge in [-0.15, -0.1) is 11.8 Å². The van der Waals surface area contributed by atoms with Crippen LogP contribution in [0.4, 0.5) is 0 Å². The average molecular weight is 290 g/mol. The van der Waals surface area contributed by atoms with Crippen LogP contribution in [0.3, 0.4) is 0 Å². The van der Waals surface area contributed by atoms with Gasteiger partial charge >= 0.3 is 0 Å². The van der Waals surface area contributed by atoms with Gasteiger partial charge < -0.3 is 9.63 Å². The average Bonchev–Trinajstić information content (AvgIpc) is 3.22. The second-order valence-electron chi connectivity index (χ2n) is 5.17. The van der Waals surface area contributed by atoms with Gasteiger partial charge in [0.2, 0.25) is 5.89 Å². The number of rotatable bonds is 6. The van der Waals surface area contributed by atoms with Crippen LogP contribution in [0.5, 0.6) is 0 Å². The van der Waals surface area contributed by atoms with Crippen molar-refractivity contribution in [1.82, 2.24) is 10.1 Å². The van der Waals surface area contributed by atoms with E-state index in [9.17, 15) is 5.11 Å². The van der Waals surface area contributed by atoms with Crippen molar-refractivity contribution in [2.24, 2.45) is 0 Å². The quantitative estimate of drug-likeness (QED) is 0.882. The van der Waals surface area contributed by atoms with Gasteiger partial charge in [-0.1, -0.05) is 35.5 Å². The Morgan fingerprint density at radius 1 is 1.35 bits per heavy atom. The lowest BCUT2D eigenvalue weighted by Gasteiger charge is -2.12. The molecule has 1 aromatic carbocycles. The summed E-state index contributed by atoms with van der Waals surface area (Å²) in [6, 6.07) is 9.70. The molecule has 5 heteroatoms. The van der Waals surface area contributed by atoms with E-state index < -0.39 is 6.10 Å². The van der Waals surface area contributed by atoms with Crippen LogP contribution in [0.2, 0.25) is 0 Å². The Morgan fingerprint density at radius 3 is 2.80 bits per heavy atom. The number of aromatic nitrogens is 2. The molecule has 4 nitrogen and oxygen atoms in total. The van der Waals surface area contributed by atoms with Crippen molar-refractivity contribution in [1.29, 1.82) is 0 Å². The number of aliphatic hydroxyl groups is 1. The lowest BCUT2D eigenvalue weighted by Crippen LogP contribution is -2.02. The van der Waals surface area contributed by atoms with E-state index in [1.807, 2.05) is 37.3 Å². The van der Waals surface area contributed by atoms with E-state index in [-0.39, 0.29) is 5.25 Å². The molecule has 1 aliphatic carbocycles. The summed E-state index contributed by atoms with van der Waals surface area (Å²) in [4.78, 5) is 4.44. The minimum absolute atomic E-state index is 0.105. The van der Waals surface area contributed by atoms with Crippen molar-refractivity contribution in [3.8, 4) is 0 Å². The van der Waals surface area contributed by atoms with Crippen LogP contribution in [0.25, 0.3) is 0 Å². The number of thioether (sulfide) groups is 1. The fourth-order valence-electron chi connectivity index (χ4n) is 2.00. The molecule has 3 rings (SSSR count). The van der Waals surface area contributed by atoms with E-state index in [4.69, 9.17) is 4.52 Å². The molecule has 2 aromatic rings. The van der Waals surface area contributed by atoms with E-state index in [1.165, 1.54) is 12.8 Å². The summed E-state index contributed by atoms with van der Waals surface area (Å²) in [6.45, 7) is 2.03. The van der Waals surface area contributed by atoms with Crippen LogP contribution in [0.15, 0.2) is 34.9 Å². The Labute approximate surface area is 122 Å². The van der Waals surface area contributed by atoms with Crippen molar-refractivity contribution in [2.75, 3.05) is 5.75 Å². The molecule has 2 atom stereocenters. The Balaban J connectivity index is 1.54. The topological polar surface area (TPSA) is 59.2 Å². The normalized spacial score (nSPS) is 17.9. The fourth-order valence-corrected chi connectivity index (χ4v) is 2.90. The molecule has 0 bridgehead atoms. The summed E-state index contributed by atoms with van der Waals surface area (Å²) in [6.07, 6.45) is 1.88. The molecular formula is C15H18N2O2S. The lowest BCUT2D eigenvalue weighted by atomic mass is 10.1. The molecule has 1 aromatic heterocycles. The number of hydrogen-bond donors (Lipinski definition) is 1. The van der Waals surface area contributed by atoms with E-state index in [0.29, 0.717) is 17.6 Å². The fraction of sp³-hybridized carbons (Fsp3) is 0.467. The summed E-state index contributed by atoms with van der Waals surface area (Å²) in [5.41, 5.74) is 0.941. The van der Waals surface area contributed by atoms with Gasteiger partial charge in [0, 0.05) is 11.7 Å². The second-order valence-corrected chi connectivity index (χ2v) is 6.54. The van der Waals surface area contributed by atoms with Crippen LogP contribution in [-0.2, 0) is 0 Å². The monoisotopic (exact) mass is 290 g/mol. The maximum atomic E-state index is 10.1. The van der Waals surface area contributed by atoms with Gasteiger partial charge in [-0.2, -0.15) is 4.98 Å². The molecule has 1 N–H and O–H groups in total. The first-order valence-corrected chi connectivity index (χ1v) is 7.97. The van der Waals surface area contributed by atoms with Gasteiger partial charge in [-0.25, -0.2) is 0 Å². The summed E-state index contributed by atoms with van der Waals surface area (Å²) in [5.74, 6) is 2.64. The molecule has 0 aliphatic heterocycles. The molecule has 20 heavy (non-hydrogen) atoms. The third kappa shape index (κ3) is 3.22. The van der Waals surface area contributed by atoms with Crippen LogP contribution < -0.4 is 0 Å². The SMILES string of the molecule is C[C@@H](SC[C@@H](O)c1ccccc1)c1nc(C2CC2)no1. The standard InChI is InChI=1S/C15H18N2O2S/c1-10(15-16-14(17-19-15)12-7-8-12)20-9-13(18)11-5-3-2-4-6-11/h2-6,10,12-13,18H,7-9H2,1H3/t10-,13-/m1/s1. The number of hydrogen-bond acceptors (Lipinski definition) is 5. The molecule has 0 saturated heterocycles. The first-order chi connectivity index (χ1) is 9.74. The summed E-state index contributed by atoms with van der Waals surface area (Å²) in [5, 5.41) is 14.3. The smallest absolute Gasteiger partial charge is 0.239 e. The predicted octanol–water partition coefficient (Wildman–Crippen LogP) is 3.47. The Hall–Kier alpha value is -1.33. The summed E-state index contributed by atoms with van der Waals surface area (Å²) >= 11 is 1.63. The van der Waals surface area contributed by atoms with E-state index in [2.05, 4.69) is 10.1 Å². The van der Waals surface area contributed by atoms with Gasteiger partial charge in [-0.3, -0.25) is 0 Å². The van der Waals surface area contributed by atoms with Gasteiger partial charge in [-0.05, 0) is 25.3 Å². The van der Waals surface area contributed by atoms with Crippen molar-refractivity contribution in [3.63, 3.8) is 0 Å². The van der Waals surface area contributed by atoms with E-state index in [0.717, 1.165) is 11.4 Å². The number of nitrogens with zero attached hydrogens (tertiary/aromatic N) is 2. The number of aliphatic hydroxyl groups excluding tert-OH is 1. The predicted molar refractivity (Wildman–Crippen MR) is 78.5 cm³/mol. The highest BCUT2D eigenvalue weighted by Gasteiger charge is 2.29. The maximum Gasteiger partial charge on any atom is 0.239 e. The van der Waals surface area contributed by atoms with Crippen molar-refractivity contribution in [2.45, 2.75) is 37.0 Å². The molecular weight excluding hydrogens is 272 g/mol. The second kappa shape index (κ2) is 5.97. The highest BCUT2D eigenvalue weighted by molar-refractivity contribution is 7.99. The Bertz CT molecular complexity index is 554. The lowest BCUT2D eigenvalue weighted by molar-refractivity contribution is 0.204. The zero-order chi connectivity index (χ0) is 13.9. The van der Waals surface area contributed by atoms with Crippen LogP contribution in [-0.4, -0.2) is 21.0 Å². The molecule has 1 fully saturated rings. The van der Waals surface area contributed by atoms with Crippen LogP contribution in [0.1, 0.15) is 54.3 Å².